The molecule has 0 spiro atoms. The summed E-state index contributed by atoms with van der Waals surface area (Å²) < 4.78 is 1.88. The summed E-state index contributed by atoms with van der Waals surface area (Å²) in [4.78, 5) is 24.5. The number of rotatable bonds is 6. The zero-order chi connectivity index (χ0) is 25.0. The highest BCUT2D eigenvalue weighted by Gasteiger charge is 2.35. The summed E-state index contributed by atoms with van der Waals surface area (Å²) in [5.74, 6) is 1.05. The van der Waals surface area contributed by atoms with Crippen LogP contribution in [0.4, 0.5) is 0 Å². The van der Waals surface area contributed by atoms with Gasteiger partial charge in [-0.2, -0.15) is 5.10 Å². The van der Waals surface area contributed by atoms with Crippen LogP contribution in [0.25, 0.3) is 27.8 Å². The second kappa shape index (κ2) is 8.79. The van der Waals surface area contributed by atoms with Gasteiger partial charge in [-0.3, -0.25) is 4.79 Å². The predicted molar refractivity (Wildman–Crippen MR) is 141 cm³/mol. The Morgan fingerprint density at radius 2 is 1.91 bits per heavy atom. The topological polar surface area (TPSA) is 69.5 Å². The Balaban J connectivity index is 1.48. The minimum atomic E-state index is 0.196. The molecule has 1 amide bonds. The molecular formula is C28H36N6O. The Hall–Kier alpha value is -3.19. The molecule has 7 heteroatoms. The maximum absolute atomic E-state index is 12.4. The highest BCUT2D eigenvalue weighted by Crippen LogP contribution is 2.43. The Labute approximate surface area is 207 Å². The predicted octanol–water partition coefficient (Wildman–Crippen LogP) is 4.88. The lowest BCUT2D eigenvalue weighted by Gasteiger charge is -2.42. The number of pyridine rings is 1. The Kier molecular flexibility index (Phi) is 5.91. The van der Waals surface area contributed by atoms with E-state index in [4.69, 9.17) is 0 Å². The average Bonchev–Trinajstić information content (AvgIpc) is 3.38. The van der Waals surface area contributed by atoms with Crippen LogP contribution in [0.15, 0.2) is 30.7 Å². The lowest BCUT2D eigenvalue weighted by atomic mass is 9.75. The number of benzene rings is 1. The molecule has 0 aliphatic heterocycles. The molecule has 7 nitrogen and oxygen atoms in total. The summed E-state index contributed by atoms with van der Waals surface area (Å²) in [6.45, 7) is 9.28. The molecule has 3 aromatic heterocycles. The number of carbonyl (C=O) groups is 1. The standard InChI is InChI=1S/C28H36N6O/c1-16(2)26-22-12-19(20-10-21(11-20)33(7)25(35)14-32(5)6)8-9-24(22)31-27(26)23-13-34-28(29-15-30-34)18(4)17(23)3/h8-9,12-13,15-16,20-21,31H,10-11,14H2,1-7H3. The van der Waals surface area contributed by atoms with Crippen LogP contribution < -0.4 is 0 Å². The van der Waals surface area contributed by atoms with Gasteiger partial charge in [-0.25, -0.2) is 9.50 Å². The molecule has 1 aliphatic rings. The Morgan fingerprint density at radius 1 is 1.17 bits per heavy atom. The molecule has 184 valence electrons. The van der Waals surface area contributed by atoms with Gasteiger partial charge in [0.15, 0.2) is 5.65 Å². The van der Waals surface area contributed by atoms with Crippen LogP contribution in [0.2, 0.25) is 0 Å². The molecule has 0 radical (unpaired) electrons. The Bertz CT molecular complexity index is 1410. The van der Waals surface area contributed by atoms with E-state index in [1.54, 1.807) is 6.33 Å². The number of aromatic nitrogens is 4. The van der Waals surface area contributed by atoms with Crippen LogP contribution in [-0.2, 0) is 4.79 Å². The van der Waals surface area contributed by atoms with Gasteiger partial charge in [0.1, 0.15) is 6.33 Å². The fourth-order valence-electron chi connectivity index (χ4n) is 5.51. The lowest BCUT2D eigenvalue weighted by molar-refractivity contribution is -0.134. The van der Waals surface area contributed by atoms with Crippen LogP contribution in [0.5, 0.6) is 0 Å². The van der Waals surface area contributed by atoms with Crippen molar-refractivity contribution in [1.29, 1.82) is 0 Å². The van der Waals surface area contributed by atoms with Gasteiger partial charge in [-0.05, 0) is 87.0 Å². The number of H-pyrrole nitrogens is 1. The van der Waals surface area contributed by atoms with Gasteiger partial charge in [0.2, 0.25) is 5.91 Å². The van der Waals surface area contributed by atoms with E-state index < -0.39 is 0 Å². The molecule has 3 heterocycles. The number of hydrogen-bond acceptors (Lipinski definition) is 4. The first kappa shape index (κ1) is 23.5. The SMILES string of the molecule is Cc1c(-c2[nH]c3ccc(C4CC(N(C)C(=O)CN(C)C)C4)cc3c2C(C)C)cn2ncnc2c1C. The van der Waals surface area contributed by atoms with E-state index in [-0.39, 0.29) is 5.91 Å². The van der Waals surface area contributed by atoms with Crippen molar-refractivity contribution < 1.29 is 4.79 Å². The summed E-state index contributed by atoms with van der Waals surface area (Å²) in [5.41, 5.74) is 9.51. The second-order valence-electron chi connectivity index (χ2n) is 10.8. The lowest BCUT2D eigenvalue weighted by Crippen LogP contribution is -2.47. The number of carbonyl (C=O) groups excluding carboxylic acids is 1. The maximum atomic E-state index is 12.4. The fraction of sp³-hybridized carbons (Fsp3) is 0.464. The molecule has 0 saturated heterocycles. The largest absolute Gasteiger partial charge is 0.354 e. The van der Waals surface area contributed by atoms with Gasteiger partial charge < -0.3 is 14.8 Å². The molecule has 0 atom stereocenters. The van der Waals surface area contributed by atoms with Crippen LogP contribution in [0, 0.1) is 13.8 Å². The highest BCUT2D eigenvalue weighted by molar-refractivity contribution is 5.92. The van der Waals surface area contributed by atoms with E-state index in [0.29, 0.717) is 24.4 Å². The number of likely N-dealkylation sites (N-methyl/N-ethyl adjacent to an activating group) is 2. The second-order valence-corrected chi connectivity index (χ2v) is 10.8. The van der Waals surface area contributed by atoms with Gasteiger partial charge in [-0.15, -0.1) is 0 Å². The molecule has 1 aliphatic carbocycles. The van der Waals surface area contributed by atoms with Gasteiger partial charge in [0, 0.05) is 35.8 Å². The third-order valence-corrected chi connectivity index (χ3v) is 7.81. The number of hydrogen-bond donors (Lipinski definition) is 1. The summed E-state index contributed by atoms with van der Waals surface area (Å²) in [6.07, 6.45) is 5.76. The third-order valence-electron chi connectivity index (χ3n) is 7.81. The molecule has 35 heavy (non-hydrogen) atoms. The molecule has 0 unspecified atom stereocenters. The van der Waals surface area contributed by atoms with E-state index in [2.05, 4.69) is 67.2 Å². The van der Waals surface area contributed by atoms with Gasteiger partial charge in [0.05, 0.1) is 12.2 Å². The van der Waals surface area contributed by atoms with Crippen LogP contribution in [0.3, 0.4) is 0 Å². The van der Waals surface area contributed by atoms with E-state index in [1.165, 1.54) is 33.3 Å². The van der Waals surface area contributed by atoms with Crippen molar-refractivity contribution in [2.75, 3.05) is 27.7 Å². The summed E-state index contributed by atoms with van der Waals surface area (Å²) in [5, 5.41) is 5.70. The molecular weight excluding hydrogens is 436 g/mol. The summed E-state index contributed by atoms with van der Waals surface area (Å²) in [7, 11) is 5.82. The van der Waals surface area contributed by atoms with Crippen molar-refractivity contribution >= 4 is 22.5 Å². The van der Waals surface area contributed by atoms with Crippen molar-refractivity contribution in [3.8, 4) is 11.3 Å². The molecule has 0 bridgehead atoms. The van der Waals surface area contributed by atoms with E-state index in [9.17, 15) is 4.79 Å². The molecule has 1 fully saturated rings. The number of fused-ring (bicyclic) bond motifs is 2. The zero-order valence-corrected chi connectivity index (χ0v) is 21.9. The van der Waals surface area contributed by atoms with Gasteiger partial charge in [-0.1, -0.05) is 19.9 Å². The number of aromatic amines is 1. The van der Waals surface area contributed by atoms with E-state index in [1.807, 2.05) is 35.5 Å². The summed E-state index contributed by atoms with van der Waals surface area (Å²) >= 11 is 0. The molecule has 1 saturated carbocycles. The average molecular weight is 473 g/mol. The monoisotopic (exact) mass is 472 g/mol. The van der Waals surface area contributed by atoms with Crippen molar-refractivity contribution in [2.24, 2.45) is 0 Å². The van der Waals surface area contributed by atoms with Crippen LogP contribution in [-0.4, -0.2) is 69.0 Å². The number of aryl methyl sites for hydroxylation is 1. The van der Waals surface area contributed by atoms with Crippen molar-refractivity contribution in [3.63, 3.8) is 0 Å². The smallest absolute Gasteiger partial charge is 0.236 e. The first-order chi connectivity index (χ1) is 16.7. The molecule has 1 N–H and O–H groups in total. The number of amides is 1. The van der Waals surface area contributed by atoms with E-state index >= 15 is 0 Å². The Morgan fingerprint density at radius 3 is 2.60 bits per heavy atom. The molecule has 4 aromatic rings. The van der Waals surface area contributed by atoms with Gasteiger partial charge in [0.25, 0.3) is 0 Å². The quantitative estimate of drug-likeness (QED) is 0.434. The van der Waals surface area contributed by atoms with Crippen molar-refractivity contribution in [2.45, 2.75) is 58.4 Å². The van der Waals surface area contributed by atoms with E-state index in [0.717, 1.165) is 29.6 Å². The van der Waals surface area contributed by atoms with Crippen LogP contribution >= 0.6 is 0 Å². The first-order valence-electron chi connectivity index (χ1n) is 12.5. The molecule has 1 aromatic carbocycles. The minimum Gasteiger partial charge on any atom is -0.354 e. The highest BCUT2D eigenvalue weighted by atomic mass is 16.2. The molecule has 5 rings (SSSR count). The fourth-order valence-corrected chi connectivity index (χ4v) is 5.51. The minimum absolute atomic E-state index is 0.196. The third kappa shape index (κ3) is 4.01. The zero-order valence-electron chi connectivity index (χ0n) is 21.9. The number of nitrogens with one attached hydrogen (secondary N) is 1. The first-order valence-corrected chi connectivity index (χ1v) is 12.5. The summed E-state index contributed by atoms with van der Waals surface area (Å²) in [6, 6.07) is 7.19. The number of nitrogens with zero attached hydrogens (tertiary/aromatic N) is 5. The van der Waals surface area contributed by atoms with Crippen molar-refractivity contribution in [1.82, 2.24) is 29.4 Å². The van der Waals surface area contributed by atoms with Gasteiger partial charge >= 0.3 is 0 Å². The normalized spacial score (nSPS) is 18.1. The maximum Gasteiger partial charge on any atom is 0.236 e. The van der Waals surface area contributed by atoms with Crippen molar-refractivity contribution in [3.05, 3.63) is 53.0 Å². The van der Waals surface area contributed by atoms with Crippen LogP contribution in [0.1, 0.15) is 60.8 Å².